The van der Waals surface area contributed by atoms with Crippen molar-refractivity contribution in [3.8, 4) is 5.75 Å². The van der Waals surface area contributed by atoms with Crippen molar-refractivity contribution in [2.75, 3.05) is 24.8 Å². The Balaban J connectivity index is 1.61. The molecule has 32 heavy (non-hydrogen) atoms. The monoisotopic (exact) mass is 471 g/mol. The highest BCUT2D eigenvalue weighted by Gasteiger charge is 2.16. The van der Waals surface area contributed by atoms with Gasteiger partial charge < -0.3 is 14.8 Å². The van der Waals surface area contributed by atoms with E-state index < -0.39 is 5.97 Å². The first kappa shape index (κ1) is 23.4. The number of ether oxygens (including phenoxy) is 2. The maximum absolute atomic E-state index is 12.4. The minimum Gasteiger partial charge on any atom is -0.495 e. The summed E-state index contributed by atoms with van der Waals surface area (Å²) in [6.45, 7) is 3.38. The van der Waals surface area contributed by atoms with Crippen LogP contribution in [0, 0.1) is 13.8 Å². The standard InChI is InChI=1S/C22H21N3O5S2/c1-13-4-6-15(7-5-13)18(26)11-30-21(28)16-8-9-19(29-3)17(10-16)23-20(27)12-31-22-25-24-14(2)32-22/h4-10H,11-12H2,1-3H3,(H,23,27). The third-order valence-electron chi connectivity index (χ3n) is 4.25. The number of carbonyl (C=O) groups excluding carboxylic acids is 3. The Morgan fingerprint density at radius 3 is 2.41 bits per heavy atom. The van der Waals surface area contributed by atoms with Gasteiger partial charge in [0, 0.05) is 5.56 Å². The molecule has 0 saturated heterocycles. The van der Waals surface area contributed by atoms with E-state index in [1.165, 1.54) is 42.3 Å². The highest BCUT2D eigenvalue weighted by atomic mass is 32.2. The Labute approximate surface area is 193 Å². The van der Waals surface area contributed by atoms with Crippen molar-refractivity contribution in [1.82, 2.24) is 10.2 Å². The van der Waals surface area contributed by atoms with Crippen molar-refractivity contribution in [3.05, 3.63) is 64.2 Å². The van der Waals surface area contributed by atoms with Gasteiger partial charge in [0.15, 0.2) is 16.7 Å². The van der Waals surface area contributed by atoms with Crippen LogP contribution in [-0.4, -0.2) is 47.3 Å². The molecule has 0 bridgehead atoms. The van der Waals surface area contributed by atoms with Crippen LogP contribution in [0.4, 0.5) is 5.69 Å². The zero-order chi connectivity index (χ0) is 23.1. The lowest BCUT2D eigenvalue weighted by atomic mass is 10.1. The van der Waals surface area contributed by atoms with E-state index in [1.807, 2.05) is 26.0 Å². The van der Waals surface area contributed by atoms with Gasteiger partial charge in [-0.1, -0.05) is 52.9 Å². The van der Waals surface area contributed by atoms with Crippen LogP contribution in [0.1, 0.15) is 31.3 Å². The fourth-order valence-electron chi connectivity index (χ4n) is 2.62. The summed E-state index contributed by atoms with van der Waals surface area (Å²) in [7, 11) is 1.46. The molecule has 1 aromatic heterocycles. The zero-order valence-electron chi connectivity index (χ0n) is 17.7. The molecule has 3 aromatic rings. The normalized spacial score (nSPS) is 10.5. The summed E-state index contributed by atoms with van der Waals surface area (Å²) >= 11 is 2.67. The van der Waals surface area contributed by atoms with Crippen LogP contribution in [0.15, 0.2) is 46.8 Å². The lowest BCUT2D eigenvalue weighted by Crippen LogP contribution is -2.17. The molecule has 0 fully saturated rings. The van der Waals surface area contributed by atoms with Crippen molar-refractivity contribution in [2.24, 2.45) is 0 Å². The molecule has 0 atom stereocenters. The van der Waals surface area contributed by atoms with Crippen LogP contribution in [0.5, 0.6) is 5.75 Å². The molecule has 8 nitrogen and oxygen atoms in total. The molecule has 0 saturated carbocycles. The molecule has 0 spiro atoms. The zero-order valence-corrected chi connectivity index (χ0v) is 19.3. The first-order valence-corrected chi connectivity index (χ1v) is 11.3. The predicted octanol–water partition coefficient (Wildman–Crippen LogP) is 3.93. The van der Waals surface area contributed by atoms with E-state index in [4.69, 9.17) is 9.47 Å². The Morgan fingerprint density at radius 1 is 1.03 bits per heavy atom. The lowest BCUT2D eigenvalue weighted by molar-refractivity contribution is -0.113. The molecule has 0 unspecified atom stereocenters. The first-order valence-electron chi connectivity index (χ1n) is 9.53. The molecule has 10 heteroatoms. The van der Waals surface area contributed by atoms with Crippen molar-refractivity contribution in [2.45, 2.75) is 18.2 Å². The summed E-state index contributed by atoms with van der Waals surface area (Å²) in [4.78, 5) is 37.0. The van der Waals surface area contributed by atoms with E-state index in [0.717, 1.165) is 10.6 Å². The predicted molar refractivity (Wildman–Crippen MR) is 123 cm³/mol. The topological polar surface area (TPSA) is 107 Å². The second kappa shape index (κ2) is 10.9. The summed E-state index contributed by atoms with van der Waals surface area (Å²) in [6, 6.07) is 11.5. The van der Waals surface area contributed by atoms with Gasteiger partial charge in [-0.3, -0.25) is 9.59 Å². The second-order valence-electron chi connectivity index (χ2n) is 6.70. The molecule has 0 aliphatic heterocycles. The molecule has 2 aromatic carbocycles. The van der Waals surface area contributed by atoms with Gasteiger partial charge in [-0.2, -0.15) is 0 Å². The van der Waals surface area contributed by atoms with Gasteiger partial charge in [0.05, 0.1) is 24.1 Å². The number of Topliss-reactive ketones (excluding diaryl/α,β-unsaturated/α-hetero) is 1. The summed E-state index contributed by atoms with van der Waals surface area (Å²) < 4.78 is 11.1. The molecule has 166 valence electrons. The Morgan fingerprint density at radius 2 is 1.75 bits per heavy atom. The minimum absolute atomic E-state index is 0.123. The number of esters is 1. The van der Waals surface area contributed by atoms with Crippen LogP contribution < -0.4 is 10.1 Å². The number of carbonyl (C=O) groups is 3. The van der Waals surface area contributed by atoms with Crippen molar-refractivity contribution in [1.29, 1.82) is 0 Å². The maximum Gasteiger partial charge on any atom is 0.338 e. The van der Waals surface area contributed by atoms with Gasteiger partial charge in [-0.15, -0.1) is 10.2 Å². The third kappa shape index (κ3) is 6.38. The number of anilines is 1. The third-order valence-corrected chi connectivity index (χ3v) is 6.22. The van der Waals surface area contributed by atoms with Crippen LogP contribution in [-0.2, 0) is 9.53 Å². The van der Waals surface area contributed by atoms with E-state index >= 15 is 0 Å². The number of aryl methyl sites for hydroxylation is 2. The van der Waals surface area contributed by atoms with Gasteiger partial charge in [0.25, 0.3) is 0 Å². The van der Waals surface area contributed by atoms with E-state index in [1.54, 1.807) is 18.2 Å². The Hall–Kier alpha value is -3.24. The molecule has 0 aliphatic rings. The van der Waals surface area contributed by atoms with Crippen LogP contribution in [0.3, 0.4) is 0 Å². The Bertz CT molecular complexity index is 1130. The van der Waals surface area contributed by atoms with Crippen molar-refractivity contribution in [3.63, 3.8) is 0 Å². The van der Waals surface area contributed by atoms with E-state index in [2.05, 4.69) is 15.5 Å². The summed E-state index contributed by atoms with van der Waals surface area (Å²) in [6.07, 6.45) is 0. The Kier molecular flexibility index (Phi) is 7.96. The van der Waals surface area contributed by atoms with Gasteiger partial charge in [0.2, 0.25) is 5.91 Å². The van der Waals surface area contributed by atoms with E-state index in [0.29, 0.717) is 21.3 Å². The molecule has 1 N–H and O–H groups in total. The van der Waals surface area contributed by atoms with Crippen LogP contribution >= 0.6 is 23.1 Å². The number of hydrogen-bond acceptors (Lipinski definition) is 9. The highest BCUT2D eigenvalue weighted by Crippen LogP contribution is 2.27. The molecule has 0 radical (unpaired) electrons. The van der Waals surface area contributed by atoms with Gasteiger partial charge in [-0.25, -0.2) is 4.79 Å². The smallest absolute Gasteiger partial charge is 0.338 e. The molecule has 1 amide bonds. The molecular weight excluding hydrogens is 450 g/mol. The quantitative estimate of drug-likeness (QED) is 0.284. The van der Waals surface area contributed by atoms with E-state index in [-0.39, 0.29) is 29.6 Å². The minimum atomic E-state index is -0.678. The number of thioether (sulfide) groups is 1. The average Bonchev–Trinajstić information content (AvgIpc) is 3.21. The number of methoxy groups -OCH3 is 1. The fourth-order valence-corrected chi connectivity index (χ4v) is 4.24. The van der Waals surface area contributed by atoms with Gasteiger partial charge in [-0.05, 0) is 32.0 Å². The summed E-state index contributed by atoms with van der Waals surface area (Å²) in [5.74, 6) is -0.757. The van der Waals surface area contributed by atoms with Crippen molar-refractivity contribution < 1.29 is 23.9 Å². The maximum atomic E-state index is 12.4. The van der Waals surface area contributed by atoms with Crippen LogP contribution in [0.25, 0.3) is 0 Å². The average molecular weight is 472 g/mol. The number of benzene rings is 2. The number of hydrogen-bond donors (Lipinski definition) is 1. The molecule has 0 aliphatic carbocycles. The van der Waals surface area contributed by atoms with Crippen molar-refractivity contribution >= 4 is 46.4 Å². The molecule has 1 heterocycles. The number of rotatable bonds is 9. The van der Waals surface area contributed by atoms with Gasteiger partial charge in [0.1, 0.15) is 10.8 Å². The summed E-state index contributed by atoms with van der Waals surface area (Å²) in [5, 5.41) is 11.4. The first-order chi connectivity index (χ1) is 15.4. The van der Waals surface area contributed by atoms with Gasteiger partial charge >= 0.3 is 5.97 Å². The molecular formula is C22H21N3O5S2. The number of nitrogens with zero attached hydrogens (tertiary/aromatic N) is 2. The number of nitrogens with one attached hydrogen (secondary N) is 1. The fraction of sp³-hybridized carbons (Fsp3) is 0.227. The second-order valence-corrected chi connectivity index (χ2v) is 9.11. The summed E-state index contributed by atoms with van der Waals surface area (Å²) in [5.41, 5.74) is 2.01. The van der Waals surface area contributed by atoms with Crippen LogP contribution in [0.2, 0.25) is 0 Å². The van der Waals surface area contributed by atoms with E-state index in [9.17, 15) is 14.4 Å². The lowest BCUT2D eigenvalue weighted by Gasteiger charge is -2.12. The highest BCUT2D eigenvalue weighted by molar-refractivity contribution is 8.01. The largest absolute Gasteiger partial charge is 0.495 e. The number of aromatic nitrogens is 2. The molecule has 3 rings (SSSR count). The SMILES string of the molecule is COc1ccc(C(=O)OCC(=O)c2ccc(C)cc2)cc1NC(=O)CSc1nnc(C)s1. The number of ketones is 1. The number of amides is 1.